The summed E-state index contributed by atoms with van der Waals surface area (Å²) in [5, 5.41) is 0. The van der Waals surface area contributed by atoms with E-state index >= 15 is 0 Å². The fourth-order valence-corrected chi connectivity index (χ4v) is 2.45. The van der Waals surface area contributed by atoms with Crippen LogP contribution in [0.1, 0.15) is 16.7 Å². The van der Waals surface area contributed by atoms with E-state index in [0.717, 1.165) is 22.4 Å². The predicted octanol–water partition coefficient (Wildman–Crippen LogP) is 3.71. The van der Waals surface area contributed by atoms with Crippen LogP contribution in [0.15, 0.2) is 48.5 Å². The molecule has 0 spiro atoms. The molecule has 0 aliphatic rings. The number of halogens is 1. The van der Waals surface area contributed by atoms with E-state index in [-0.39, 0.29) is 6.61 Å². The van der Waals surface area contributed by atoms with Crippen molar-refractivity contribution in [3.8, 4) is 5.75 Å². The highest BCUT2D eigenvalue weighted by molar-refractivity contribution is 5.69. The van der Waals surface area contributed by atoms with Crippen LogP contribution in [-0.4, -0.2) is 52.9 Å². The molecular weight excluding hydrogens is 373 g/mol. The zero-order valence-electron chi connectivity index (χ0n) is 16.7. The summed E-state index contributed by atoms with van der Waals surface area (Å²) in [4.78, 5) is 0. The van der Waals surface area contributed by atoms with Crippen LogP contribution in [0, 0.1) is 0 Å². The first-order chi connectivity index (χ1) is 14.3. The number of rotatable bonds is 15. The highest BCUT2D eigenvalue weighted by Crippen LogP contribution is 2.15. The average Bonchev–Trinajstić information content (AvgIpc) is 2.77. The van der Waals surface area contributed by atoms with Gasteiger partial charge < -0.3 is 24.7 Å². The second-order valence-corrected chi connectivity index (χ2v) is 6.22. The van der Waals surface area contributed by atoms with Gasteiger partial charge in [0.2, 0.25) is 0 Å². The lowest BCUT2D eigenvalue weighted by Gasteiger charge is -2.08. The molecular formula is C23H30FNO4. The number of nitrogens with two attached hydrogens (primary N) is 1. The molecule has 2 aromatic carbocycles. The highest BCUT2D eigenvalue weighted by atomic mass is 19.1. The standard InChI is InChI=1S/C23H30FNO4/c24-11-12-26-13-14-27-15-16-28-17-18-29-23-9-7-21(8-10-23)2-1-20-3-5-22(19-25)6-4-20/h1-10H,11-19,25H2. The Hall–Kier alpha value is -2.25. The monoisotopic (exact) mass is 403 g/mol. The molecule has 0 atom stereocenters. The SMILES string of the molecule is NCc1ccc(C=Cc2ccc(OCCOCCOCCOCCF)cc2)cc1. The molecule has 0 bridgehead atoms. The van der Waals surface area contributed by atoms with Crippen molar-refractivity contribution < 1.29 is 23.3 Å². The van der Waals surface area contributed by atoms with Crippen LogP contribution >= 0.6 is 0 Å². The zero-order valence-corrected chi connectivity index (χ0v) is 16.7. The molecule has 2 aromatic rings. The Morgan fingerprint density at radius 2 is 1.14 bits per heavy atom. The molecule has 5 nitrogen and oxygen atoms in total. The van der Waals surface area contributed by atoms with Crippen LogP contribution in [-0.2, 0) is 20.8 Å². The lowest BCUT2D eigenvalue weighted by molar-refractivity contribution is 0.00750. The van der Waals surface area contributed by atoms with E-state index in [1.165, 1.54) is 0 Å². The minimum absolute atomic E-state index is 0.123. The first-order valence-electron chi connectivity index (χ1n) is 9.81. The Labute approximate surface area is 172 Å². The second-order valence-electron chi connectivity index (χ2n) is 6.22. The molecule has 0 saturated heterocycles. The number of ether oxygens (including phenoxy) is 4. The van der Waals surface area contributed by atoms with Crippen molar-refractivity contribution in [1.29, 1.82) is 0 Å². The molecule has 158 valence electrons. The fourth-order valence-electron chi connectivity index (χ4n) is 2.45. The summed E-state index contributed by atoms with van der Waals surface area (Å²) < 4.78 is 33.2. The van der Waals surface area contributed by atoms with Gasteiger partial charge in [0.05, 0.1) is 39.6 Å². The Kier molecular flexibility index (Phi) is 11.7. The van der Waals surface area contributed by atoms with Crippen molar-refractivity contribution in [2.45, 2.75) is 6.54 Å². The van der Waals surface area contributed by atoms with Crippen molar-refractivity contribution in [1.82, 2.24) is 0 Å². The normalized spacial score (nSPS) is 11.2. The number of hydrogen-bond donors (Lipinski definition) is 1. The molecule has 2 N–H and O–H groups in total. The topological polar surface area (TPSA) is 62.9 Å². The van der Waals surface area contributed by atoms with Gasteiger partial charge in [0.1, 0.15) is 19.0 Å². The van der Waals surface area contributed by atoms with Crippen molar-refractivity contribution in [3.63, 3.8) is 0 Å². The van der Waals surface area contributed by atoms with Crippen LogP contribution in [0.3, 0.4) is 0 Å². The van der Waals surface area contributed by atoms with E-state index in [4.69, 9.17) is 24.7 Å². The van der Waals surface area contributed by atoms with Gasteiger partial charge in [0.25, 0.3) is 0 Å². The molecule has 0 aromatic heterocycles. The van der Waals surface area contributed by atoms with Crippen LogP contribution in [0.2, 0.25) is 0 Å². The van der Waals surface area contributed by atoms with E-state index in [1.807, 2.05) is 36.4 Å². The Morgan fingerprint density at radius 1 is 0.655 bits per heavy atom. The van der Waals surface area contributed by atoms with Gasteiger partial charge in [-0.1, -0.05) is 48.6 Å². The third kappa shape index (κ3) is 10.2. The van der Waals surface area contributed by atoms with E-state index in [9.17, 15) is 4.39 Å². The molecule has 0 radical (unpaired) electrons. The molecule has 0 fully saturated rings. The molecule has 6 heteroatoms. The zero-order chi connectivity index (χ0) is 20.6. The summed E-state index contributed by atoms with van der Waals surface area (Å²) in [5.74, 6) is 0.805. The minimum atomic E-state index is -0.466. The van der Waals surface area contributed by atoms with Crippen LogP contribution in [0.25, 0.3) is 12.2 Å². The molecule has 2 rings (SSSR count). The van der Waals surface area contributed by atoms with Gasteiger partial charge in [-0.05, 0) is 28.8 Å². The quantitative estimate of drug-likeness (QED) is 0.363. The summed E-state index contributed by atoms with van der Waals surface area (Å²) >= 11 is 0. The lowest BCUT2D eigenvalue weighted by atomic mass is 10.1. The third-order valence-electron chi connectivity index (χ3n) is 4.03. The van der Waals surface area contributed by atoms with Crippen LogP contribution < -0.4 is 10.5 Å². The van der Waals surface area contributed by atoms with Gasteiger partial charge in [-0.2, -0.15) is 0 Å². The summed E-state index contributed by atoms with van der Waals surface area (Å²) in [6, 6.07) is 16.1. The third-order valence-corrected chi connectivity index (χ3v) is 4.03. The Bertz CT molecular complexity index is 689. The Morgan fingerprint density at radius 3 is 1.66 bits per heavy atom. The lowest BCUT2D eigenvalue weighted by Crippen LogP contribution is -2.13. The van der Waals surface area contributed by atoms with Crippen LogP contribution in [0.4, 0.5) is 4.39 Å². The highest BCUT2D eigenvalue weighted by Gasteiger charge is 1.96. The molecule has 0 saturated carbocycles. The van der Waals surface area contributed by atoms with E-state index in [2.05, 4.69) is 24.3 Å². The maximum Gasteiger partial charge on any atom is 0.119 e. The van der Waals surface area contributed by atoms with Gasteiger partial charge in [-0.3, -0.25) is 0 Å². The van der Waals surface area contributed by atoms with E-state index in [0.29, 0.717) is 46.2 Å². The van der Waals surface area contributed by atoms with Crippen LogP contribution in [0.5, 0.6) is 5.75 Å². The number of alkyl halides is 1. The molecule has 0 unspecified atom stereocenters. The van der Waals surface area contributed by atoms with Gasteiger partial charge >= 0.3 is 0 Å². The van der Waals surface area contributed by atoms with Gasteiger partial charge in [-0.25, -0.2) is 4.39 Å². The second kappa shape index (κ2) is 14.7. The molecule has 0 heterocycles. The molecule has 0 aliphatic carbocycles. The van der Waals surface area contributed by atoms with E-state index < -0.39 is 6.67 Å². The van der Waals surface area contributed by atoms with Crippen molar-refractivity contribution >= 4 is 12.2 Å². The fraction of sp³-hybridized carbons (Fsp3) is 0.391. The smallest absolute Gasteiger partial charge is 0.119 e. The summed E-state index contributed by atoms with van der Waals surface area (Å²) in [6.07, 6.45) is 4.13. The molecule has 29 heavy (non-hydrogen) atoms. The predicted molar refractivity (Wildman–Crippen MR) is 114 cm³/mol. The van der Waals surface area contributed by atoms with E-state index in [1.54, 1.807) is 0 Å². The summed E-state index contributed by atoms with van der Waals surface area (Å²) in [7, 11) is 0. The minimum Gasteiger partial charge on any atom is -0.491 e. The number of benzene rings is 2. The van der Waals surface area contributed by atoms with Crippen molar-refractivity contribution in [2.24, 2.45) is 5.73 Å². The van der Waals surface area contributed by atoms with Crippen molar-refractivity contribution in [3.05, 3.63) is 65.2 Å². The largest absolute Gasteiger partial charge is 0.491 e. The number of hydrogen-bond acceptors (Lipinski definition) is 5. The van der Waals surface area contributed by atoms with Crippen molar-refractivity contribution in [2.75, 3.05) is 52.9 Å². The molecule has 0 amide bonds. The summed E-state index contributed by atoms with van der Waals surface area (Å²) in [6.45, 7) is 2.99. The summed E-state index contributed by atoms with van der Waals surface area (Å²) in [5.41, 5.74) is 8.97. The first kappa shape index (κ1) is 23.0. The van der Waals surface area contributed by atoms with Gasteiger partial charge in [0, 0.05) is 6.54 Å². The van der Waals surface area contributed by atoms with Gasteiger partial charge in [-0.15, -0.1) is 0 Å². The maximum atomic E-state index is 11.8. The average molecular weight is 403 g/mol. The molecule has 0 aliphatic heterocycles. The maximum absolute atomic E-state index is 11.8. The Balaban J connectivity index is 1.56. The first-order valence-corrected chi connectivity index (χ1v) is 9.81. The van der Waals surface area contributed by atoms with Gasteiger partial charge in [0.15, 0.2) is 0 Å².